The molecule has 2 aromatic heterocycles. The second-order valence-electron chi connectivity index (χ2n) is 9.86. The summed E-state index contributed by atoms with van der Waals surface area (Å²) in [7, 11) is 0. The maximum atomic E-state index is 5.25. The normalized spacial score (nSPS) is 20.6. The van der Waals surface area contributed by atoms with Crippen LogP contribution in [0.15, 0.2) is 29.3 Å². The number of hydrogen-bond donors (Lipinski definition) is 1. The molecular formula is C27H29N5S. The Morgan fingerprint density at radius 2 is 1.88 bits per heavy atom. The minimum Gasteiger partial charge on any atom is -0.316 e. The van der Waals surface area contributed by atoms with Gasteiger partial charge in [0, 0.05) is 40.6 Å². The molecule has 0 unspecified atom stereocenters. The van der Waals surface area contributed by atoms with Crippen LogP contribution in [0.5, 0.6) is 0 Å². The van der Waals surface area contributed by atoms with E-state index in [1.54, 1.807) is 0 Å². The molecule has 6 heteroatoms. The molecule has 3 aliphatic rings. The average Bonchev–Trinajstić information content (AvgIpc) is 3.22. The highest BCUT2D eigenvalue weighted by Crippen LogP contribution is 2.48. The van der Waals surface area contributed by atoms with Gasteiger partial charge in [-0.3, -0.25) is 9.56 Å². The zero-order valence-corrected chi connectivity index (χ0v) is 20.5. The molecular weight excluding hydrogens is 426 g/mol. The first-order valence-corrected chi connectivity index (χ1v) is 12.7. The van der Waals surface area contributed by atoms with Crippen LogP contribution in [0, 0.1) is 43.9 Å². The molecule has 3 aromatic rings. The second-order valence-corrected chi connectivity index (χ2v) is 11.1. The van der Waals surface area contributed by atoms with Gasteiger partial charge in [0.05, 0.1) is 5.71 Å². The maximum Gasteiger partial charge on any atom is 0.163 e. The molecule has 0 radical (unpaired) electrons. The van der Waals surface area contributed by atoms with Crippen LogP contribution < -0.4 is 5.32 Å². The second kappa shape index (κ2) is 7.65. The molecule has 33 heavy (non-hydrogen) atoms. The number of aromatic nitrogens is 3. The van der Waals surface area contributed by atoms with Crippen molar-refractivity contribution in [2.45, 2.75) is 53.0 Å². The Hall–Kier alpha value is -2.75. The zero-order chi connectivity index (χ0) is 22.7. The molecule has 1 spiro atoms. The quantitative estimate of drug-likeness (QED) is 0.559. The van der Waals surface area contributed by atoms with Gasteiger partial charge in [0.25, 0.3) is 0 Å². The lowest BCUT2D eigenvalue weighted by Gasteiger charge is -2.53. The number of thiophene rings is 1. The summed E-state index contributed by atoms with van der Waals surface area (Å²) in [6.07, 6.45) is 3.39. The van der Waals surface area contributed by atoms with E-state index in [2.05, 4.69) is 77.0 Å². The Balaban J connectivity index is 1.35. The van der Waals surface area contributed by atoms with Gasteiger partial charge in [-0.05, 0) is 63.1 Å². The summed E-state index contributed by atoms with van der Waals surface area (Å²) in [6, 6.07) is 8.66. The van der Waals surface area contributed by atoms with Gasteiger partial charge in [-0.1, -0.05) is 30.9 Å². The predicted molar refractivity (Wildman–Crippen MR) is 133 cm³/mol. The zero-order valence-electron chi connectivity index (χ0n) is 19.7. The van der Waals surface area contributed by atoms with Crippen LogP contribution in [0.2, 0.25) is 0 Å². The highest BCUT2D eigenvalue weighted by atomic mass is 32.1. The van der Waals surface area contributed by atoms with Crippen molar-refractivity contribution in [3.05, 3.63) is 63.0 Å². The summed E-state index contributed by atoms with van der Waals surface area (Å²) >= 11 is 1.81. The van der Waals surface area contributed by atoms with Crippen molar-refractivity contribution in [2.24, 2.45) is 16.3 Å². The molecule has 1 aliphatic carbocycles. The van der Waals surface area contributed by atoms with Crippen LogP contribution in [-0.4, -0.2) is 33.6 Å². The van der Waals surface area contributed by atoms with Crippen molar-refractivity contribution in [1.29, 1.82) is 0 Å². The molecule has 1 atom stereocenters. The lowest BCUT2D eigenvalue weighted by molar-refractivity contribution is 0.0266. The fourth-order valence-electron chi connectivity index (χ4n) is 5.41. The molecule has 6 rings (SSSR count). The molecule has 2 aliphatic heterocycles. The number of fused-ring (bicyclic) bond motifs is 3. The van der Waals surface area contributed by atoms with E-state index in [-0.39, 0.29) is 6.04 Å². The van der Waals surface area contributed by atoms with Crippen molar-refractivity contribution in [3.63, 3.8) is 0 Å². The highest BCUT2D eigenvalue weighted by molar-refractivity contribution is 7.15. The molecule has 4 heterocycles. The van der Waals surface area contributed by atoms with E-state index < -0.39 is 0 Å². The first-order valence-electron chi connectivity index (χ1n) is 11.9. The number of hydrogen-bond acceptors (Lipinski definition) is 5. The molecule has 0 amide bonds. The van der Waals surface area contributed by atoms with E-state index in [4.69, 9.17) is 4.99 Å². The van der Waals surface area contributed by atoms with Crippen LogP contribution in [0.25, 0.3) is 5.00 Å². The van der Waals surface area contributed by atoms with Gasteiger partial charge in [0.15, 0.2) is 5.82 Å². The lowest BCUT2D eigenvalue weighted by atomic mass is 9.59. The van der Waals surface area contributed by atoms with Gasteiger partial charge in [-0.25, -0.2) is 0 Å². The van der Waals surface area contributed by atoms with E-state index in [1.807, 2.05) is 18.3 Å². The van der Waals surface area contributed by atoms with Crippen molar-refractivity contribution in [1.82, 2.24) is 20.1 Å². The molecule has 1 saturated carbocycles. The van der Waals surface area contributed by atoms with Crippen molar-refractivity contribution >= 4 is 17.0 Å². The standard InChI is InChI=1S/C27H29N5S/c1-5-22-25-31-30-18(4)32(25)26-23(16(2)17(3)33-26)24(29-22)21-10-8-19(9-11-21)6-7-20-12-27(13-20)14-28-15-27/h8-11,20,22,28H,5,12-15H2,1-4H3/t22-/m0/s1. The Morgan fingerprint density at radius 3 is 2.55 bits per heavy atom. The van der Waals surface area contributed by atoms with E-state index in [0.29, 0.717) is 11.3 Å². The minimum atomic E-state index is -0.00749. The van der Waals surface area contributed by atoms with E-state index in [1.165, 1.54) is 46.9 Å². The molecule has 1 aromatic carbocycles. The van der Waals surface area contributed by atoms with E-state index >= 15 is 0 Å². The van der Waals surface area contributed by atoms with Gasteiger partial charge in [-0.15, -0.1) is 21.5 Å². The fraction of sp³-hybridized carbons (Fsp3) is 0.444. The summed E-state index contributed by atoms with van der Waals surface area (Å²) in [5.74, 6) is 9.33. The van der Waals surface area contributed by atoms with E-state index in [0.717, 1.165) is 34.9 Å². The number of aryl methyl sites for hydroxylation is 2. The van der Waals surface area contributed by atoms with Crippen molar-refractivity contribution in [2.75, 3.05) is 13.1 Å². The number of rotatable bonds is 2. The summed E-state index contributed by atoms with van der Waals surface area (Å²) in [5, 5.41) is 13.5. The van der Waals surface area contributed by atoms with Crippen LogP contribution >= 0.6 is 11.3 Å². The topological polar surface area (TPSA) is 55.1 Å². The third-order valence-electron chi connectivity index (χ3n) is 7.56. The molecule has 5 nitrogen and oxygen atoms in total. The lowest BCUT2D eigenvalue weighted by Crippen LogP contribution is -2.59. The smallest absolute Gasteiger partial charge is 0.163 e. The van der Waals surface area contributed by atoms with Crippen LogP contribution in [0.1, 0.15) is 71.0 Å². The van der Waals surface area contributed by atoms with Crippen LogP contribution in [0.3, 0.4) is 0 Å². The van der Waals surface area contributed by atoms with Crippen molar-refractivity contribution < 1.29 is 0 Å². The van der Waals surface area contributed by atoms with E-state index in [9.17, 15) is 0 Å². The minimum absolute atomic E-state index is 0.00749. The third-order valence-corrected chi connectivity index (χ3v) is 8.76. The van der Waals surface area contributed by atoms with Gasteiger partial charge < -0.3 is 5.32 Å². The van der Waals surface area contributed by atoms with Crippen molar-refractivity contribution in [3.8, 4) is 16.8 Å². The Kier molecular flexibility index (Phi) is 4.83. The van der Waals surface area contributed by atoms with Crippen LogP contribution in [0.4, 0.5) is 0 Å². The molecule has 1 saturated heterocycles. The summed E-state index contributed by atoms with van der Waals surface area (Å²) in [5.41, 5.74) is 6.36. The first kappa shape index (κ1) is 20.8. The predicted octanol–water partition coefficient (Wildman–Crippen LogP) is 4.91. The Labute approximate surface area is 199 Å². The highest BCUT2D eigenvalue weighted by Gasteiger charge is 2.47. The Morgan fingerprint density at radius 1 is 1.12 bits per heavy atom. The van der Waals surface area contributed by atoms with Gasteiger partial charge in [0.2, 0.25) is 0 Å². The number of aliphatic imine (C=N–C) groups is 1. The average molecular weight is 456 g/mol. The van der Waals surface area contributed by atoms with Crippen LogP contribution in [-0.2, 0) is 0 Å². The maximum absolute atomic E-state index is 5.25. The summed E-state index contributed by atoms with van der Waals surface area (Å²) in [4.78, 5) is 6.56. The number of nitrogens with one attached hydrogen (secondary N) is 1. The third kappa shape index (κ3) is 3.29. The largest absolute Gasteiger partial charge is 0.316 e. The summed E-state index contributed by atoms with van der Waals surface area (Å²) in [6.45, 7) is 10.9. The molecule has 0 bridgehead atoms. The molecule has 2 fully saturated rings. The summed E-state index contributed by atoms with van der Waals surface area (Å²) < 4.78 is 2.22. The van der Waals surface area contributed by atoms with Gasteiger partial charge >= 0.3 is 0 Å². The number of benzene rings is 1. The Bertz CT molecular complexity index is 1320. The first-order chi connectivity index (χ1) is 16.0. The fourth-order valence-corrected chi connectivity index (χ4v) is 6.63. The molecule has 1 N–H and O–H groups in total. The number of nitrogens with zero attached hydrogens (tertiary/aromatic N) is 4. The molecule has 168 valence electrons. The van der Waals surface area contributed by atoms with Gasteiger partial charge in [-0.2, -0.15) is 0 Å². The van der Waals surface area contributed by atoms with Gasteiger partial charge in [0.1, 0.15) is 16.9 Å². The SMILES string of the molecule is CC[C@@H]1N=C(c2ccc(C#CC3CC4(CNC4)C3)cc2)c2c(sc(C)c2C)-n2c(C)nnc21. The monoisotopic (exact) mass is 455 g/mol.